The second-order valence-electron chi connectivity index (χ2n) is 6.18. The van der Waals surface area contributed by atoms with Crippen LogP contribution in [0.3, 0.4) is 0 Å². The van der Waals surface area contributed by atoms with Gasteiger partial charge in [0.05, 0.1) is 11.3 Å². The highest BCUT2D eigenvalue weighted by Crippen LogP contribution is 2.32. The molecule has 0 saturated heterocycles. The molecule has 0 aromatic heterocycles. The first-order chi connectivity index (χ1) is 13.4. The predicted octanol–water partition coefficient (Wildman–Crippen LogP) is 4.08. The maximum Gasteiger partial charge on any atom is 0.516 e. The van der Waals surface area contributed by atoms with Gasteiger partial charge in [-0.15, -0.1) is 0 Å². The zero-order chi connectivity index (χ0) is 21.6. The Bertz CT molecular complexity index is 1090. The molecule has 5 nitrogen and oxygen atoms in total. The molecule has 2 aromatic carbocycles. The van der Waals surface area contributed by atoms with Crippen molar-refractivity contribution < 1.29 is 35.2 Å². The molecule has 0 fully saturated rings. The minimum absolute atomic E-state index is 0.0290. The SMILES string of the molecule is O=C1c2c(F)ccc(F)c2CCN1Cc1c(Cl)cccc1NS(=O)(=O)C(F)(F)F. The lowest BCUT2D eigenvalue weighted by Gasteiger charge is -2.30. The highest BCUT2D eigenvalue weighted by atomic mass is 35.5. The van der Waals surface area contributed by atoms with Gasteiger partial charge < -0.3 is 4.90 Å². The first-order valence-electron chi connectivity index (χ1n) is 8.05. The van der Waals surface area contributed by atoms with E-state index in [1.807, 2.05) is 0 Å². The van der Waals surface area contributed by atoms with Gasteiger partial charge in [0.15, 0.2) is 0 Å². The molecule has 2 aromatic rings. The summed E-state index contributed by atoms with van der Waals surface area (Å²) in [7, 11) is -5.73. The second kappa shape index (κ2) is 7.45. The third-order valence-corrected chi connectivity index (χ3v) is 5.81. The summed E-state index contributed by atoms with van der Waals surface area (Å²) < 4.78 is 90.3. The zero-order valence-electron chi connectivity index (χ0n) is 14.4. The summed E-state index contributed by atoms with van der Waals surface area (Å²) >= 11 is 6.01. The number of alkyl halides is 3. The Morgan fingerprint density at radius 1 is 1.10 bits per heavy atom. The molecule has 0 spiro atoms. The van der Waals surface area contributed by atoms with Crippen LogP contribution in [0.2, 0.25) is 5.02 Å². The number of nitrogens with zero attached hydrogens (tertiary/aromatic N) is 1. The van der Waals surface area contributed by atoms with Gasteiger partial charge in [-0.3, -0.25) is 9.52 Å². The van der Waals surface area contributed by atoms with Crippen molar-refractivity contribution in [3.63, 3.8) is 0 Å². The lowest BCUT2D eigenvalue weighted by molar-refractivity contribution is -0.0429. The molecule has 156 valence electrons. The van der Waals surface area contributed by atoms with Crippen LogP contribution in [0.4, 0.5) is 27.6 Å². The van der Waals surface area contributed by atoms with Crippen LogP contribution in [-0.2, 0) is 23.0 Å². The Morgan fingerprint density at radius 2 is 1.76 bits per heavy atom. The molecule has 0 bridgehead atoms. The molecular weight excluding hydrogens is 443 g/mol. The average Bonchev–Trinajstić information content (AvgIpc) is 2.61. The van der Waals surface area contributed by atoms with Crippen molar-refractivity contribution in [1.29, 1.82) is 0 Å². The first kappa shape index (κ1) is 21.3. The molecule has 29 heavy (non-hydrogen) atoms. The number of carbonyl (C=O) groups excluding carboxylic acids is 1. The van der Waals surface area contributed by atoms with E-state index >= 15 is 0 Å². The van der Waals surface area contributed by atoms with Crippen LogP contribution in [0.15, 0.2) is 30.3 Å². The molecule has 1 heterocycles. The Morgan fingerprint density at radius 3 is 2.41 bits per heavy atom. The third-order valence-electron chi connectivity index (χ3n) is 4.35. The number of carbonyl (C=O) groups is 1. The number of benzene rings is 2. The lowest BCUT2D eigenvalue weighted by Crippen LogP contribution is -2.38. The van der Waals surface area contributed by atoms with Crippen LogP contribution >= 0.6 is 11.6 Å². The summed E-state index contributed by atoms with van der Waals surface area (Å²) in [5, 5.41) is -0.106. The third kappa shape index (κ3) is 4.01. The first-order valence-corrected chi connectivity index (χ1v) is 9.91. The molecule has 0 aliphatic carbocycles. The Balaban J connectivity index is 1.96. The van der Waals surface area contributed by atoms with Crippen molar-refractivity contribution in [1.82, 2.24) is 4.90 Å². The molecule has 1 amide bonds. The molecule has 12 heteroatoms. The summed E-state index contributed by atoms with van der Waals surface area (Å²) in [5.74, 6) is -2.56. The summed E-state index contributed by atoms with van der Waals surface area (Å²) in [6.07, 6.45) is -0.0290. The van der Waals surface area contributed by atoms with Gasteiger partial charge >= 0.3 is 15.5 Å². The van der Waals surface area contributed by atoms with Crippen molar-refractivity contribution in [2.75, 3.05) is 11.3 Å². The van der Waals surface area contributed by atoms with E-state index in [0.29, 0.717) is 0 Å². The molecule has 3 rings (SSSR count). The van der Waals surface area contributed by atoms with Gasteiger partial charge in [-0.1, -0.05) is 17.7 Å². The van der Waals surface area contributed by atoms with Crippen LogP contribution in [0.5, 0.6) is 0 Å². The summed E-state index contributed by atoms with van der Waals surface area (Å²) in [6, 6.07) is 5.27. The molecule has 1 aliphatic heterocycles. The summed E-state index contributed by atoms with van der Waals surface area (Å²) in [4.78, 5) is 13.7. The smallest absolute Gasteiger partial charge is 0.334 e. The van der Waals surface area contributed by atoms with Gasteiger partial charge in [-0.05, 0) is 30.7 Å². The Hall–Kier alpha value is -2.40. The van der Waals surface area contributed by atoms with Crippen molar-refractivity contribution in [2.24, 2.45) is 0 Å². The number of nitrogens with one attached hydrogen (secondary N) is 1. The van der Waals surface area contributed by atoms with E-state index in [2.05, 4.69) is 0 Å². The number of sulfonamides is 1. The second-order valence-corrected chi connectivity index (χ2v) is 8.26. The summed E-state index contributed by atoms with van der Waals surface area (Å²) in [6.45, 7) is -0.480. The monoisotopic (exact) mass is 454 g/mol. The number of hydrogen-bond acceptors (Lipinski definition) is 3. The average molecular weight is 455 g/mol. The molecule has 0 radical (unpaired) electrons. The maximum atomic E-state index is 14.1. The van der Waals surface area contributed by atoms with E-state index in [9.17, 15) is 35.2 Å². The van der Waals surface area contributed by atoms with E-state index in [1.54, 1.807) is 0 Å². The normalized spacial score (nSPS) is 14.7. The van der Waals surface area contributed by atoms with E-state index in [1.165, 1.54) is 16.9 Å². The van der Waals surface area contributed by atoms with Crippen molar-refractivity contribution in [3.8, 4) is 0 Å². The number of fused-ring (bicyclic) bond motifs is 1. The minimum atomic E-state index is -5.73. The van der Waals surface area contributed by atoms with Crippen LogP contribution in [-0.4, -0.2) is 31.3 Å². The van der Waals surface area contributed by atoms with Crippen LogP contribution in [0, 0.1) is 11.6 Å². The van der Waals surface area contributed by atoms with E-state index < -0.39 is 50.9 Å². The molecule has 1 aliphatic rings. The van der Waals surface area contributed by atoms with Crippen molar-refractivity contribution in [3.05, 3.63) is 63.7 Å². The molecule has 1 N–H and O–H groups in total. The van der Waals surface area contributed by atoms with E-state index in [4.69, 9.17) is 11.6 Å². The van der Waals surface area contributed by atoms with Gasteiger partial charge in [0.25, 0.3) is 5.91 Å². The zero-order valence-corrected chi connectivity index (χ0v) is 15.9. The number of anilines is 1. The van der Waals surface area contributed by atoms with Crippen LogP contribution < -0.4 is 4.72 Å². The van der Waals surface area contributed by atoms with Gasteiger partial charge in [0.1, 0.15) is 11.6 Å². The predicted molar refractivity (Wildman–Crippen MR) is 94.9 cm³/mol. The van der Waals surface area contributed by atoms with Gasteiger partial charge in [-0.2, -0.15) is 21.6 Å². The number of halogens is 6. The summed E-state index contributed by atoms with van der Waals surface area (Å²) in [5.41, 5.74) is -6.72. The number of rotatable bonds is 4. The fourth-order valence-electron chi connectivity index (χ4n) is 2.94. The van der Waals surface area contributed by atoms with Gasteiger partial charge in [-0.25, -0.2) is 8.78 Å². The van der Waals surface area contributed by atoms with Crippen LogP contribution in [0.25, 0.3) is 0 Å². The quantitative estimate of drug-likeness (QED) is 0.708. The minimum Gasteiger partial charge on any atom is -0.334 e. The van der Waals surface area contributed by atoms with Gasteiger partial charge in [0, 0.05) is 29.2 Å². The maximum absolute atomic E-state index is 14.1. The molecule has 0 unspecified atom stereocenters. The fourth-order valence-corrected chi connectivity index (χ4v) is 3.77. The van der Waals surface area contributed by atoms with Gasteiger partial charge in [0.2, 0.25) is 0 Å². The Kier molecular flexibility index (Phi) is 5.48. The highest BCUT2D eigenvalue weighted by molar-refractivity contribution is 7.93. The molecule has 0 saturated carbocycles. The van der Waals surface area contributed by atoms with E-state index in [0.717, 1.165) is 23.1 Å². The highest BCUT2D eigenvalue weighted by Gasteiger charge is 2.46. The van der Waals surface area contributed by atoms with Crippen molar-refractivity contribution >= 4 is 33.2 Å². The largest absolute Gasteiger partial charge is 0.516 e. The molecular formula is C17H12ClF5N2O3S. The lowest BCUT2D eigenvalue weighted by atomic mass is 9.97. The topological polar surface area (TPSA) is 66.5 Å². The fraction of sp³-hybridized carbons (Fsp3) is 0.235. The van der Waals surface area contributed by atoms with E-state index in [-0.39, 0.29) is 29.1 Å². The van der Waals surface area contributed by atoms with Crippen LogP contribution in [0.1, 0.15) is 21.5 Å². The Labute approximate surface area is 167 Å². The molecule has 0 atom stereocenters. The number of hydrogen-bond donors (Lipinski definition) is 1. The van der Waals surface area contributed by atoms with Crippen molar-refractivity contribution in [2.45, 2.75) is 18.5 Å². The number of amides is 1. The standard InChI is InChI=1S/C17H12ClF5N2O3S/c18-11-2-1-3-14(24-29(27,28)17(21,22)23)10(11)8-25-7-6-9-12(19)4-5-13(20)15(9)16(25)26/h1-5,24H,6-8H2.